The van der Waals surface area contributed by atoms with Crippen LogP contribution in [0.2, 0.25) is 0 Å². The van der Waals surface area contributed by atoms with Crippen LogP contribution < -0.4 is 9.47 Å². The van der Waals surface area contributed by atoms with Crippen molar-refractivity contribution in [3.05, 3.63) is 23.8 Å². The molecule has 0 aliphatic heterocycles. The molecular formula is C20H34N2O5. The highest BCUT2D eigenvalue weighted by Gasteiger charge is 2.18. The lowest BCUT2D eigenvalue weighted by Crippen LogP contribution is -2.26. The molecule has 0 saturated carbocycles. The first-order chi connectivity index (χ1) is 11.9. The summed E-state index contributed by atoms with van der Waals surface area (Å²) in [5.74, 6) is 0.412. The molecule has 0 heterocycles. The molecule has 0 bridgehead atoms. The number of rotatable bonds is 5. The summed E-state index contributed by atoms with van der Waals surface area (Å²) < 4.78 is 10.5. The van der Waals surface area contributed by atoms with E-state index in [9.17, 15) is 14.7 Å². The number of aliphatic hydroxyl groups excluding tert-OH is 1. The van der Waals surface area contributed by atoms with Gasteiger partial charge in [-0.15, -0.1) is 0 Å². The molecule has 0 fully saturated rings. The van der Waals surface area contributed by atoms with Gasteiger partial charge in [-0.3, -0.25) is 0 Å². The lowest BCUT2D eigenvalue weighted by atomic mass is 9.88. The SMILES string of the molecule is C.CN(C)C(=O)Oc1cc(OC(=O)N(C)C)cc(C(O)CCC(C)(C)C)c1. The topological polar surface area (TPSA) is 79.3 Å². The monoisotopic (exact) mass is 382 g/mol. The van der Waals surface area contributed by atoms with Gasteiger partial charge in [-0.25, -0.2) is 9.59 Å². The van der Waals surface area contributed by atoms with Gasteiger partial charge in [0.05, 0.1) is 6.10 Å². The maximum Gasteiger partial charge on any atom is 0.414 e. The van der Waals surface area contributed by atoms with Crippen molar-refractivity contribution >= 4 is 12.2 Å². The molecule has 1 N–H and O–H groups in total. The third-order valence-electron chi connectivity index (χ3n) is 3.60. The quantitative estimate of drug-likeness (QED) is 0.821. The van der Waals surface area contributed by atoms with Gasteiger partial charge in [0, 0.05) is 34.3 Å². The van der Waals surface area contributed by atoms with E-state index in [1.807, 2.05) is 0 Å². The number of amides is 2. The summed E-state index contributed by atoms with van der Waals surface area (Å²) in [7, 11) is 6.27. The molecule has 2 amide bonds. The summed E-state index contributed by atoms with van der Waals surface area (Å²) in [5.41, 5.74) is 0.607. The van der Waals surface area contributed by atoms with Gasteiger partial charge in [0.15, 0.2) is 0 Å². The first-order valence-corrected chi connectivity index (χ1v) is 8.50. The number of carbonyl (C=O) groups is 2. The van der Waals surface area contributed by atoms with E-state index in [0.717, 1.165) is 6.42 Å². The maximum absolute atomic E-state index is 11.8. The van der Waals surface area contributed by atoms with E-state index in [-0.39, 0.29) is 24.3 Å². The van der Waals surface area contributed by atoms with Crippen LogP contribution in [0.5, 0.6) is 11.5 Å². The van der Waals surface area contributed by atoms with Crippen molar-refractivity contribution in [2.45, 2.75) is 47.1 Å². The van der Waals surface area contributed by atoms with Crippen LogP contribution in [0.3, 0.4) is 0 Å². The minimum atomic E-state index is -0.760. The third-order valence-corrected chi connectivity index (χ3v) is 3.60. The summed E-state index contributed by atoms with van der Waals surface area (Å²) >= 11 is 0. The van der Waals surface area contributed by atoms with Gasteiger partial charge < -0.3 is 24.4 Å². The predicted octanol–water partition coefficient (Wildman–Crippen LogP) is 4.30. The van der Waals surface area contributed by atoms with Crippen molar-refractivity contribution in [2.24, 2.45) is 5.41 Å². The fourth-order valence-electron chi connectivity index (χ4n) is 2.02. The molecule has 27 heavy (non-hydrogen) atoms. The second kappa shape index (κ2) is 10.2. The first-order valence-electron chi connectivity index (χ1n) is 8.50. The fraction of sp³-hybridized carbons (Fsp3) is 0.600. The van der Waals surface area contributed by atoms with E-state index < -0.39 is 18.3 Å². The van der Waals surface area contributed by atoms with E-state index in [1.54, 1.807) is 40.3 Å². The molecule has 0 aromatic heterocycles. The molecule has 154 valence electrons. The molecule has 0 radical (unpaired) electrons. The predicted molar refractivity (Wildman–Crippen MR) is 106 cm³/mol. The molecule has 7 heteroatoms. The minimum absolute atomic E-state index is 0. The summed E-state index contributed by atoms with van der Waals surface area (Å²) in [6, 6.07) is 4.62. The largest absolute Gasteiger partial charge is 0.414 e. The smallest absolute Gasteiger partial charge is 0.410 e. The zero-order chi connectivity index (χ0) is 20.1. The van der Waals surface area contributed by atoms with E-state index in [1.165, 1.54) is 15.9 Å². The standard InChI is InChI=1S/C19H30N2O5.CH4/c1-19(2,3)9-8-16(22)13-10-14(25-17(23)20(4)5)12-15(11-13)26-18(24)21(6)7;/h10-12,16,22H,8-9H2,1-7H3;1H4. The second-order valence-corrected chi connectivity index (χ2v) is 7.88. The highest BCUT2D eigenvalue weighted by Crippen LogP contribution is 2.32. The molecule has 1 aromatic rings. The van der Waals surface area contributed by atoms with Crippen molar-refractivity contribution in [3.63, 3.8) is 0 Å². The highest BCUT2D eigenvalue weighted by atomic mass is 16.6. The average molecular weight is 383 g/mol. The Hall–Kier alpha value is -2.28. The molecular weight excluding hydrogens is 348 g/mol. The van der Waals surface area contributed by atoms with Gasteiger partial charge in [-0.05, 0) is 36.0 Å². The van der Waals surface area contributed by atoms with Crippen molar-refractivity contribution in [2.75, 3.05) is 28.2 Å². The average Bonchev–Trinajstić information content (AvgIpc) is 2.51. The number of hydrogen-bond donors (Lipinski definition) is 1. The lowest BCUT2D eigenvalue weighted by Gasteiger charge is -2.21. The molecule has 0 spiro atoms. The summed E-state index contributed by atoms with van der Waals surface area (Å²) in [5, 5.41) is 10.5. The molecule has 0 aliphatic carbocycles. The maximum atomic E-state index is 11.8. The normalized spacial score (nSPS) is 11.9. The number of aliphatic hydroxyl groups is 1. The molecule has 1 aromatic carbocycles. The van der Waals surface area contributed by atoms with Crippen molar-refractivity contribution in [1.29, 1.82) is 0 Å². The van der Waals surface area contributed by atoms with Crippen LogP contribution in [0.4, 0.5) is 9.59 Å². The van der Waals surface area contributed by atoms with E-state index >= 15 is 0 Å². The van der Waals surface area contributed by atoms with Gasteiger partial charge in [-0.2, -0.15) is 0 Å². The number of benzene rings is 1. The van der Waals surface area contributed by atoms with Crippen LogP contribution in [0.25, 0.3) is 0 Å². The Kier molecular flexibility index (Phi) is 9.30. The van der Waals surface area contributed by atoms with Crippen molar-refractivity contribution in [3.8, 4) is 11.5 Å². The zero-order valence-corrected chi connectivity index (χ0v) is 16.7. The van der Waals surface area contributed by atoms with Crippen LogP contribution in [0, 0.1) is 5.41 Å². The Morgan fingerprint density at radius 2 is 1.37 bits per heavy atom. The van der Waals surface area contributed by atoms with Crippen LogP contribution in [-0.2, 0) is 0 Å². The van der Waals surface area contributed by atoms with Crippen LogP contribution >= 0.6 is 0 Å². The highest BCUT2D eigenvalue weighted by molar-refractivity contribution is 5.72. The van der Waals surface area contributed by atoms with Gasteiger partial charge in [-0.1, -0.05) is 28.2 Å². The summed E-state index contributed by atoms with van der Waals surface area (Å²) in [6.45, 7) is 6.29. The number of nitrogens with zero attached hydrogens (tertiary/aromatic N) is 2. The molecule has 1 rings (SSSR count). The Bertz CT molecular complexity index is 595. The van der Waals surface area contributed by atoms with Crippen molar-refractivity contribution in [1.82, 2.24) is 9.80 Å². The molecule has 0 aliphatic rings. The first kappa shape index (κ1) is 24.7. The molecule has 7 nitrogen and oxygen atoms in total. The van der Waals surface area contributed by atoms with E-state index in [2.05, 4.69) is 20.8 Å². The van der Waals surface area contributed by atoms with Gasteiger partial charge >= 0.3 is 12.2 Å². The van der Waals surface area contributed by atoms with Gasteiger partial charge in [0.1, 0.15) is 11.5 Å². The molecule has 0 saturated heterocycles. The minimum Gasteiger partial charge on any atom is -0.410 e. The summed E-state index contributed by atoms with van der Waals surface area (Å²) in [6.07, 6.45) is -0.533. The van der Waals surface area contributed by atoms with E-state index in [4.69, 9.17) is 9.47 Å². The van der Waals surface area contributed by atoms with Crippen molar-refractivity contribution < 1.29 is 24.2 Å². The Morgan fingerprint density at radius 1 is 0.963 bits per heavy atom. The fourth-order valence-corrected chi connectivity index (χ4v) is 2.02. The number of hydrogen-bond acceptors (Lipinski definition) is 5. The lowest BCUT2D eigenvalue weighted by molar-refractivity contribution is 0.145. The molecule has 1 atom stereocenters. The van der Waals surface area contributed by atoms with Gasteiger partial charge in [0.25, 0.3) is 0 Å². The Labute approximate surface area is 162 Å². The third kappa shape index (κ3) is 8.77. The van der Waals surface area contributed by atoms with E-state index in [0.29, 0.717) is 12.0 Å². The summed E-state index contributed by atoms with van der Waals surface area (Å²) in [4.78, 5) is 26.2. The Morgan fingerprint density at radius 3 is 1.70 bits per heavy atom. The number of ether oxygens (including phenoxy) is 2. The van der Waals surface area contributed by atoms with Gasteiger partial charge in [0.2, 0.25) is 0 Å². The second-order valence-electron chi connectivity index (χ2n) is 7.88. The Balaban J connectivity index is 0.00000676. The number of carbonyl (C=O) groups excluding carboxylic acids is 2. The molecule has 1 unspecified atom stereocenters. The zero-order valence-electron chi connectivity index (χ0n) is 16.7. The van der Waals surface area contributed by atoms with Crippen LogP contribution in [0.15, 0.2) is 18.2 Å². The van der Waals surface area contributed by atoms with Crippen LogP contribution in [0.1, 0.15) is 52.7 Å². The van der Waals surface area contributed by atoms with Crippen LogP contribution in [-0.4, -0.2) is 55.3 Å².